The van der Waals surface area contributed by atoms with Gasteiger partial charge in [-0.2, -0.15) is 0 Å². The summed E-state index contributed by atoms with van der Waals surface area (Å²) in [4.78, 5) is 11.1. The number of guanidine groups is 1. The molecule has 0 atom stereocenters. The van der Waals surface area contributed by atoms with Crippen molar-refractivity contribution in [2.24, 2.45) is 10.7 Å². The molecule has 3 rings (SSSR count). The molecule has 0 bridgehead atoms. The van der Waals surface area contributed by atoms with Gasteiger partial charge in [-0.3, -0.25) is 0 Å². The molecule has 0 aromatic carbocycles. The van der Waals surface area contributed by atoms with Crippen molar-refractivity contribution in [3.8, 4) is 0 Å². The van der Waals surface area contributed by atoms with Gasteiger partial charge in [-0.25, -0.2) is 9.98 Å². The van der Waals surface area contributed by atoms with Crippen molar-refractivity contribution in [3.63, 3.8) is 0 Å². The van der Waals surface area contributed by atoms with Crippen molar-refractivity contribution in [1.82, 2.24) is 14.3 Å². The Labute approximate surface area is 120 Å². The van der Waals surface area contributed by atoms with Gasteiger partial charge in [0.15, 0.2) is 5.96 Å². The molecule has 1 aliphatic heterocycles. The van der Waals surface area contributed by atoms with E-state index >= 15 is 0 Å². The van der Waals surface area contributed by atoms with Crippen LogP contribution in [0, 0.1) is 6.92 Å². The van der Waals surface area contributed by atoms with E-state index in [1.807, 2.05) is 16.8 Å². The third kappa shape index (κ3) is 2.45. The number of hydrogen-bond donors (Lipinski definition) is 1. The summed E-state index contributed by atoms with van der Waals surface area (Å²) in [6.45, 7) is 4.62. The average molecular weight is 322 g/mol. The van der Waals surface area contributed by atoms with Crippen LogP contribution in [0.4, 0.5) is 0 Å². The Morgan fingerprint density at radius 2 is 2.26 bits per heavy atom. The van der Waals surface area contributed by atoms with E-state index in [4.69, 9.17) is 5.73 Å². The second-order valence-electron chi connectivity index (χ2n) is 4.82. The maximum Gasteiger partial charge on any atom is 0.191 e. The highest BCUT2D eigenvalue weighted by Gasteiger charge is 2.15. The molecule has 0 radical (unpaired) electrons. The van der Waals surface area contributed by atoms with Crippen molar-refractivity contribution in [1.29, 1.82) is 0 Å². The summed E-state index contributed by atoms with van der Waals surface area (Å²) in [5.41, 5.74) is 8.95. The number of fused-ring (bicyclic) bond motifs is 1. The molecule has 6 heteroatoms. The summed E-state index contributed by atoms with van der Waals surface area (Å²) in [6.07, 6.45) is 5.21. The molecular weight excluding hydrogens is 306 g/mol. The molecule has 5 nitrogen and oxygen atoms in total. The van der Waals surface area contributed by atoms with E-state index in [0.717, 1.165) is 34.5 Å². The van der Waals surface area contributed by atoms with Gasteiger partial charge in [-0.15, -0.1) is 0 Å². The number of aryl methyl sites for hydroxylation is 1. The Hall–Kier alpha value is -1.56. The lowest BCUT2D eigenvalue weighted by atomic mass is 10.2. The number of hydrogen-bond acceptors (Lipinski definition) is 2. The molecule has 0 aliphatic carbocycles. The van der Waals surface area contributed by atoms with Gasteiger partial charge in [0, 0.05) is 30.0 Å². The number of pyridine rings is 1. The molecule has 19 heavy (non-hydrogen) atoms. The Morgan fingerprint density at radius 1 is 1.47 bits per heavy atom. The number of nitrogens with zero attached hydrogens (tertiary/aromatic N) is 4. The second kappa shape index (κ2) is 4.85. The highest BCUT2D eigenvalue weighted by atomic mass is 79.9. The molecule has 2 aromatic rings. The van der Waals surface area contributed by atoms with Crippen LogP contribution in [0.5, 0.6) is 0 Å². The predicted molar refractivity (Wildman–Crippen MR) is 79.1 cm³/mol. The Kier molecular flexibility index (Phi) is 3.18. The van der Waals surface area contributed by atoms with Crippen LogP contribution in [0.1, 0.15) is 17.7 Å². The lowest BCUT2D eigenvalue weighted by Crippen LogP contribution is -2.46. The zero-order valence-corrected chi connectivity index (χ0v) is 12.4. The number of rotatable bonds is 2. The van der Waals surface area contributed by atoms with E-state index in [-0.39, 0.29) is 0 Å². The number of likely N-dealkylation sites (tertiary alicyclic amines) is 1. The normalized spacial score (nSPS) is 15.9. The molecule has 0 spiro atoms. The lowest BCUT2D eigenvalue weighted by molar-refractivity contribution is 0.295. The maximum atomic E-state index is 5.91. The molecule has 0 saturated carbocycles. The molecule has 3 heterocycles. The van der Waals surface area contributed by atoms with Crippen LogP contribution in [-0.2, 0) is 6.54 Å². The zero-order chi connectivity index (χ0) is 13.4. The average Bonchev–Trinajstić information content (AvgIpc) is 2.67. The van der Waals surface area contributed by atoms with Crippen molar-refractivity contribution in [2.75, 3.05) is 13.1 Å². The van der Waals surface area contributed by atoms with Crippen LogP contribution in [0.3, 0.4) is 0 Å². The minimum Gasteiger partial charge on any atom is -0.370 e. The summed E-state index contributed by atoms with van der Waals surface area (Å²) in [5, 5.41) is 0. The van der Waals surface area contributed by atoms with Crippen LogP contribution in [0.25, 0.3) is 5.65 Å². The third-order valence-electron chi connectivity index (χ3n) is 3.33. The van der Waals surface area contributed by atoms with E-state index in [1.165, 1.54) is 6.42 Å². The minimum atomic E-state index is 0.529. The third-order valence-corrected chi connectivity index (χ3v) is 3.77. The highest BCUT2D eigenvalue weighted by molar-refractivity contribution is 9.10. The van der Waals surface area contributed by atoms with Crippen LogP contribution >= 0.6 is 15.9 Å². The monoisotopic (exact) mass is 321 g/mol. The fourth-order valence-electron chi connectivity index (χ4n) is 2.16. The molecule has 2 N–H and O–H groups in total. The van der Waals surface area contributed by atoms with Crippen LogP contribution in [-0.4, -0.2) is 33.3 Å². The summed E-state index contributed by atoms with van der Waals surface area (Å²) in [5.74, 6) is 0.626. The largest absolute Gasteiger partial charge is 0.370 e. The highest BCUT2D eigenvalue weighted by Crippen LogP contribution is 2.17. The molecule has 1 aliphatic rings. The van der Waals surface area contributed by atoms with Crippen molar-refractivity contribution in [2.45, 2.75) is 19.9 Å². The number of halogens is 1. The first-order chi connectivity index (χ1) is 9.13. The molecular formula is C13H16BrN5. The molecule has 100 valence electrons. The quantitative estimate of drug-likeness (QED) is 0.679. The predicted octanol–water partition coefficient (Wildman–Crippen LogP) is 1.93. The van der Waals surface area contributed by atoms with Crippen LogP contribution in [0.2, 0.25) is 0 Å². The van der Waals surface area contributed by atoms with Gasteiger partial charge in [0.25, 0.3) is 0 Å². The van der Waals surface area contributed by atoms with E-state index < -0.39 is 0 Å². The Balaban J connectivity index is 1.83. The lowest BCUT2D eigenvalue weighted by Gasteiger charge is -2.31. The fraction of sp³-hybridized carbons (Fsp3) is 0.385. The van der Waals surface area contributed by atoms with E-state index in [9.17, 15) is 0 Å². The van der Waals surface area contributed by atoms with Gasteiger partial charge in [0.2, 0.25) is 0 Å². The number of aromatic nitrogens is 2. The smallest absolute Gasteiger partial charge is 0.191 e. The summed E-state index contributed by atoms with van der Waals surface area (Å²) in [7, 11) is 0. The van der Waals surface area contributed by atoms with E-state index in [1.54, 1.807) is 0 Å². The SMILES string of the molecule is Cc1cc(Br)cn2cc(CN=C(N)N3CCC3)nc12. The van der Waals surface area contributed by atoms with Gasteiger partial charge in [-0.1, -0.05) is 0 Å². The molecule has 1 fully saturated rings. The minimum absolute atomic E-state index is 0.529. The molecule has 0 amide bonds. The van der Waals surface area contributed by atoms with Crippen LogP contribution in [0.15, 0.2) is 27.9 Å². The number of imidazole rings is 1. The Bertz CT molecular complexity index is 642. The van der Waals surface area contributed by atoms with Gasteiger partial charge in [0.05, 0.1) is 12.2 Å². The molecule has 0 unspecified atom stereocenters. The van der Waals surface area contributed by atoms with Crippen molar-refractivity contribution >= 4 is 27.5 Å². The van der Waals surface area contributed by atoms with Crippen LogP contribution < -0.4 is 5.73 Å². The standard InChI is InChI=1S/C13H16BrN5/c1-9-5-10(14)7-19-8-11(17-12(9)19)6-16-13(15)18-3-2-4-18/h5,7-8H,2-4,6H2,1H3,(H2,15,16). The van der Waals surface area contributed by atoms with E-state index in [2.05, 4.69) is 43.8 Å². The summed E-state index contributed by atoms with van der Waals surface area (Å²) in [6, 6.07) is 2.06. The maximum absolute atomic E-state index is 5.91. The second-order valence-corrected chi connectivity index (χ2v) is 5.74. The summed E-state index contributed by atoms with van der Waals surface area (Å²) >= 11 is 3.49. The first kappa shape index (κ1) is 12.5. The van der Waals surface area contributed by atoms with E-state index in [0.29, 0.717) is 12.5 Å². The van der Waals surface area contributed by atoms with Crippen molar-refractivity contribution < 1.29 is 0 Å². The first-order valence-corrected chi connectivity index (χ1v) is 7.11. The van der Waals surface area contributed by atoms with Gasteiger partial charge >= 0.3 is 0 Å². The van der Waals surface area contributed by atoms with Gasteiger partial charge in [0.1, 0.15) is 5.65 Å². The zero-order valence-electron chi connectivity index (χ0n) is 10.8. The first-order valence-electron chi connectivity index (χ1n) is 6.32. The number of aliphatic imine (C=N–C) groups is 1. The fourth-order valence-corrected chi connectivity index (χ4v) is 2.72. The molecule has 2 aromatic heterocycles. The number of nitrogens with two attached hydrogens (primary N) is 1. The molecule has 1 saturated heterocycles. The van der Waals surface area contributed by atoms with Gasteiger partial charge < -0.3 is 15.0 Å². The van der Waals surface area contributed by atoms with Crippen molar-refractivity contribution in [3.05, 3.63) is 34.2 Å². The van der Waals surface area contributed by atoms with Gasteiger partial charge in [-0.05, 0) is 40.9 Å². The Morgan fingerprint density at radius 3 is 2.95 bits per heavy atom. The summed E-state index contributed by atoms with van der Waals surface area (Å²) < 4.78 is 3.06. The topological polar surface area (TPSA) is 58.9 Å².